The van der Waals surface area contributed by atoms with E-state index in [0.29, 0.717) is 35.1 Å². The lowest BCUT2D eigenvalue weighted by molar-refractivity contribution is -0.139. The number of amides is 1. The molecule has 2 aliphatic rings. The maximum atomic E-state index is 12.0. The first kappa shape index (κ1) is 14.5. The minimum absolute atomic E-state index is 0.0444. The number of nitrogens with one attached hydrogen (secondary N) is 1. The molecule has 5 nitrogen and oxygen atoms in total. The fourth-order valence-electron chi connectivity index (χ4n) is 3.07. The Hall–Kier alpha value is -1.46. The summed E-state index contributed by atoms with van der Waals surface area (Å²) >= 11 is 12.3. The van der Waals surface area contributed by atoms with Gasteiger partial charge in [-0.25, -0.2) is 4.79 Å². The van der Waals surface area contributed by atoms with Gasteiger partial charge in [0.15, 0.2) is 0 Å². The number of halogens is 2. The van der Waals surface area contributed by atoms with Crippen LogP contribution in [0.25, 0.3) is 0 Å². The highest BCUT2D eigenvalue weighted by Gasteiger charge is 2.38. The number of carbonyl (C=O) groups excluding carboxylic acids is 1. The zero-order chi connectivity index (χ0) is 15.1. The SMILES string of the molecule is O=C(O)[C@H]1C[C@H](N2CCCC2=O)c2c(Cl)cc(Cl)cc2N1. The van der Waals surface area contributed by atoms with E-state index in [2.05, 4.69) is 5.32 Å². The molecule has 2 heterocycles. The van der Waals surface area contributed by atoms with Crippen molar-refractivity contribution in [2.75, 3.05) is 11.9 Å². The first-order valence-electron chi connectivity index (χ1n) is 6.75. The molecule has 0 radical (unpaired) electrons. The summed E-state index contributed by atoms with van der Waals surface area (Å²) in [6, 6.07) is 2.21. The normalized spacial score (nSPS) is 24.7. The summed E-state index contributed by atoms with van der Waals surface area (Å²) in [6.45, 7) is 0.633. The van der Waals surface area contributed by atoms with Crippen molar-refractivity contribution in [3.63, 3.8) is 0 Å². The molecule has 0 aromatic heterocycles. The Bertz CT molecular complexity index is 620. The van der Waals surface area contributed by atoms with Crippen LogP contribution in [0.5, 0.6) is 0 Å². The summed E-state index contributed by atoms with van der Waals surface area (Å²) in [7, 11) is 0. The third kappa shape index (κ3) is 2.56. The van der Waals surface area contributed by atoms with Crippen molar-refractivity contribution >= 4 is 40.8 Å². The van der Waals surface area contributed by atoms with Crippen LogP contribution < -0.4 is 5.32 Å². The van der Waals surface area contributed by atoms with E-state index in [1.54, 1.807) is 17.0 Å². The zero-order valence-corrected chi connectivity index (χ0v) is 12.6. The van der Waals surface area contributed by atoms with Crippen LogP contribution in [-0.2, 0) is 9.59 Å². The maximum Gasteiger partial charge on any atom is 0.326 e. The molecule has 2 N–H and O–H groups in total. The maximum absolute atomic E-state index is 12.0. The lowest BCUT2D eigenvalue weighted by atomic mass is 9.91. The van der Waals surface area contributed by atoms with Crippen LogP contribution in [0.2, 0.25) is 10.0 Å². The standard InChI is InChI=1S/C14H14Cl2N2O3/c15-7-4-8(16)13-9(5-7)17-10(14(20)21)6-11(13)18-3-1-2-12(18)19/h4-5,10-11,17H,1-3,6H2,(H,20,21)/t10-,11+/m1/s1. The van der Waals surface area contributed by atoms with Crippen LogP contribution in [0.15, 0.2) is 12.1 Å². The van der Waals surface area contributed by atoms with E-state index in [4.69, 9.17) is 23.2 Å². The Morgan fingerprint density at radius 3 is 2.76 bits per heavy atom. The molecule has 21 heavy (non-hydrogen) atoms. The number of rotatable bonds is 2. The van der Waals surface area contributed by atoms with E-state index < -0.39 is 12.0 Å². The minimum atomic E-state index is -0.951. The van der Waals surface area contributed by atoms with Crippen molar-refractivity contribution in [1.29, 1.82) is 0 Å². The highest BCUT2D eigenvalue weighted by atomic mass is 35.5. The van der Waals surface area contributed by atoms with E-state index in [1.165, 1.54) is 0 Å². The van der Waals surface area contributed by atoms with Crippen LogP contribution in [0.4, 0.5) is 5.69 Å². The van der Waals surface area contributed by atoms with Gasteiger partial charge in [-0.2, -0.15) is 0 Å². The number of hydrogen-bond acceptors (Lipinski definition) is 3. The predicted molar refractivity (Wildman–Crippen MR) is 79.8 cm³/mol. The molecule has 2 atom stereocenters. The second kappa shape index (κ2) is 5.39. The molecule has 7 heteroatoms. The third-order valence-corrected chi connectivity index (χ3v) is 4.53. The van der Waals surface area contributed by atoms with Crippen molar-refractivity contribution < 1.29 is 14.7 Å². The summed E-state index contributed by atoms with van der Waals surface area (Å²) in [5.74, 6) is -0.906. The van der Waals surface area contributed by atoms with Crippen molar-refractivity contribution in [1.82, 2.24) is 4.90 Å². The van der Waals surface area contributed by atoms with E-state index in [1.807, 2.05) is 0 Å². The summed E-state index contributed by atoms with van der Waals surface area (Å²) in [6.07, 6.45) is 1.60. The fraction of sp³-hybridized carbons (Fsp3) is 0.429. The molecule has 1 saturated heterocycles. The van der Waals surface area contributed by atoms with Gasteiger partial charge in [-0.3, -0.25) is 4.79 Å². The topological polar surface area (TPSA) is 69.6 Å². The monoisotopic (exact) mass is 328 g/mol. The van der Waals surface area contributed by atoms with Gasteiger partial charge in [0.2, 0.25) is 5.91 Å². The predicted octanol–water partition coefficient (Wildman–Crippen LogP) is 2.93. The van der Waals surface area contributed by atoms with Crippen molar-refractivity contribution in [2.24, 2.45) is 0 Å². The molecule has 112 valence electrons. The van der Waals surface area contributed by atoms with Crippen LogP contribution in [0.3, 0.4) is 0 Å². The van der Waals surface area contributed by atoms with Gasteiger partial charge in [0.25, 0.3) is 0 Å². The zero-order valence-electron chi connectivity index (χ0n) is 11.1. The smallest absolute Gasteiger partial charge is 0.326 e. The van der Waals surface area contributed by atoms with Gasteiger partial charge in [-0.05, 0) is 18.6 Å². The summed E-state index contributed by atoms with van der Waals surface area (Å²) in [5.41, 5.74) is 1.35. The molecule has 3 rings (SSSR count). The molecular formula is C14H14Cl2N2O3. The first-order valence-corrected chi connectivity index (χ1v) is 7.50. The number of benzene rings is 1. The number of carboxylic acid groups (broad SMARTS) is 1. The molecule has 1 aromatic rings. The molecule has 0 unspecified atom stereocenters. The summed E-state index contributed by atoms with van der Waals surface area (Å²) in [4.78, 5) is 25.1. The number of nitrogens with zero attached hydrogens (tertiary/aromatic N) is 1. The van der Waals surface area contributed by atoms with Gasteiger partial charge < -0.3 is 15.3 Å². The average Bonchev–Trinajstić information content (AvgIpc) is 2.82. The minimum Gasteiger partial charge on any atom is -0.480 e. The van der Waals surface area contributed by atoms with Gasteiger partial charge in [-0.1, -0.05) is 23.2 Å². The highest BCUT2D eigenvalue weighted by molar-refractivity contribution is 6.35. The van der Waals surface area contributed by atoms with Crippen molar-refractivity contribution in [3.8, 4) is 0 Å². The third-order valence-electron chi connectivity index (χ3n) is 4.00. The molecule has 0 spiro atoms. The molecule has 1 fully saturated rings. The quantitative estimate of drug-likeness (QED) is 0.875. The average molecular weight is 329 g/mol. The molecule has 2 aliphatic heterocycles. The molecule has 0 aliphatic carbocycles. The number of fused-ring (bicyclic) bond motifs is 1. The first-order chi connectivity index (χ1) is 9.97. The van der Waals surface area contributed by atoms with Crippen molar-refractivity contribution in [2.45, 2.75) is 31.3 Å². The van der Waals surface area contributed by atoms with Crippen molar-refractivity contribution in [3.05, 3.63) is 27.7 Å². The Morgan fingerprint density at radius 1 is 1.38 bits per heavy atom. The van der Waals surface area contributed by atoms with Gasteiger partial charge >= 0.3 is 5.97 Å². The van der Waals surface area contributed by atoms with Gasteiger partial charge in [0, 0.05) is 40.7 Å². The highest BCUT2D eigenvalue weighted by Crippen LogP contribution is 2.43. The van der Waals surface area contributed by atoms with Gasteiger partial charge in [-0.15, -0.1) is 0 Å². The largest absolute Gasteiger partial charge is 0.480 e. The van der Waals surface area contributed by atoms with Crippen LogP contribution in [0.1, 0.15) is 30.9 Å². The van der Waals surface area contributed by atoms with E-state index in [9.17, 15) is 14.7 Å². The molecule has 1 aromatic carbocycles. The number of hydrogen-bond donors (Lipinski definition) is 2. The fourth-order valence-corrected chi connectivity index (χ4v) is 3.69. The van der Waals surface area contributed by atoms with Crippen LogP contribution in [0, 0.1) is 0 Å². The van der Waals surface area contributed by atoms with Crippen LogP contribution >= 0.6 is 23.2 Å². The Morgan fingerprint density at radius 2 is 2.14 bits per heavy atom. The van der Waals surface area contributed by atoms with E-state index in [-0.39, 0.29) is 11.9 Å². The van der Waals surface area contributed by atoms with Gasteiger partial charge in [0.05, 0.1) is 6.04 Å². The lowest BCUT2D eigenvalue weighted by Crippen LogP contribution is -2.41. The molecule has 0 saturated carbocycles. The van der Waals surface area contributed by atoms with Gasteiger partial charge in [0.1, 0.15) is 6.04 Å². The second-order valence-corrected chi connectivity index (χ2v) is 6.17. The molecule has 1 amide bonds. The number of carboxylic acids is 1. The van der Waals surface area contributed by atoms with Crippen LogP contribution in [-0.4, -0.2) is 34.5 Å². The Balaban J connectivity index is 2.07. The Kier molecular flexibility index (Phi) is 3.71. The number of aliphatic carboxylic acids is 1. The number of anilines is 1. The second-order valence-electron chi connectivity index (χ2n) is 5.33. The van der Waals surface area contributed by atoms with E-state index >= 15 is 0 Å². The summed E-state index contributed by atoms with van der Waals surface area (Å²) in [5, 5.41) is 13.1. The number of likely N-dealkylation sites (tertiary alicyclic amines) is 1. The summed E-state index contributed by atoms with van der Waals surface area (Å²) < 4.78 is 0. The van der Waals surface area contributed by atoms with E-state index in [0.717, 1.165) is 12.0 Å². The molecule has 0 bridgehead atoms. The molecular weight excluding hydrogens is 315 g/mol. The lowest BCUT2D eigenvalue weighted by Gasteiger charge is -2.37. The Labute approximate surface area is 131 Å². The number of carbonyl (C=O) groups is 2.